The standard InChI is InChI=1S/C30H40N2O7/c1-4-37-18-10-17-32(30(34)27-20-38-24-13-8-9-14-25(24)39-27)28(29(33)31-22-11-6-5-7-12-22)21-15-16-23(35-2)26(19-21)36-3/h8-9,13-16,19,22,27-28H,4-7,10-12,17-18,20H2,1-3H3,(H,31,33). The quantitative estimate of drug-likeness (QED) is 0.401. The zero-order chi connectivity index (χ0) is 27.6. The summed E-state index contributed by atoms with van der Waals surface area (Å²) < 4.78 is 28.4. The molecule has 2 aromatic carbocycles. The summed E-state index contributed by atoms with van der Waals surface area (Å²) in [6.07, 6.45) is 4.86. The molecular formula is C30H40N2O7. The summed E-state index contributed by atoms with van der Waals surface area (Å²) in [5.74, 6) is 1.58. The molecule has 2 unspecified atom stereocenters. The molecule has 9 heteroatoms. The smallest absolute Gasteiger partial charge is 0.268 e. The third kappa shape index (κ3) is 7.15. The number of benzene rings is 2. The number of ether oxygens (including phenoxy) is 5. The van der Waals surface area contributed by atoms with Gasteiger partial charge in [0.1, 0.15) is 12.6 Å². The lowest BCUT2D eigenvalue weighted by atomic mass is 9.94. The summed E-state index contributed by atoms with van der Waals surface area (Å²) in [6.45, 7) is 3.33. The maximum absolute atomic E-state index is 14.1. The van der Waals surface area contributed by atoms with Crippen molar-refractivity contribution in [3.05, 3.63) is 48.0 Å². The van der Waals surface area contributed by atoms with Gasteiger partial charge in [0.25, 0.3) is 5.91 Å². The van der Waals surface area contributed by atoms with Gasteiger partial charge in [-0.25, -0.2) is 0 Å². The second-order valence-corrected chi connectivity index (χ2v) is 9.81. The Morgan fingerprint density at radius 3 is 2.49 bits per heavy atom. The van der Waals surface area contributed by atoms with Crippen LogP contribution in [0.4, 0.5) is 0 Å². The number of carbonyl (C=O) groups excluding carboxylic acids is 2. The number of nitrogens with one attached hydrogen (secondary N) is 1. The molecule has 2 aromatic rings. The van der Waals surface area contributed by atoms with Crippen LogP contribution in [0.1, 0.15) is 57.1 Å². The Morgan fingerprint density at radius 2 is 1.77 bits per heavy atom. The van der Waals surface area contributed by atoms with Crippen LogP contribution in [0.15, 0.2) is 42.5 Å². The van der Waals surface area contributed by atoms with Crippen molar-refractivity contribution in [1.29, 1.82) is 0 Å². The first-order chi connectivity index (χ1) is 19.0. The number of carbonyl (C=O) groups is 2. The predicted octanol–water partition coefficient (Wildman–Crippen LogP) is 4.29. The summed E-state index contributed by atoms with van der Waals surface area (Å²) >= 11 is 0. The SMILES string of the molecule is CCOCCCN(C(=O)C1COc2ccccc2O1)C(C(=O)NC1CCCCC1)c1ccc(OC)c(OC)c1. The van der Waals surface area contributed by atoms with Crippen molar-refractivity contribution < 1.29 is 33.3 Å². The normalized spacial score (nSPS) is 17.7. The molecule has 0 saturated heterocycles. The number of amides is 2. The van der Waals surface area contributed by atoms with E-state index >= 15 is 0 Å². The van der Waals surface area contributed by atoms with E-state index in [0.717, 1.165) is 25.7 Å². The number of hydrogen-bond acceptors (Lipinski definition) is 7. The number of nitrogens with zero attached hydrogens (tertiary/aromatic N) is 1. The molecule has 1 N–H and O–H groups in total. The summed E-state index contributed by atoms with van der Waals surface area (Å²) in [4.78, 5) is 29.7. The molecule has 0 spiro atoms. The lowest BCUT2D eigenvalue weighted by molar-refractivity contribution is -0.149. The van der Waals surface area contributed by atoms with Gasteiger partial charge in [-0.2, -0.15) is 0 Å². The molecule has 2 atom stereocenters. The fourth-order valence-electron chi connectivity index (χ4n) is 5.20. The van der Waals surface area contributed by atoms with Gasteiger partial charge in [-0.1, -0.05) is 37.5 Å². The topological polar surface area (TPSA) is 95.6 Å². The van der Waals surface area contributed by atoms with Gasteiger partial charge < -0.3 is 33.9 Å². The van der Waals surface area contributed by atoms with E-state index in [0.29, 0.717) is 54.7 Å². The van der Waals surface area contributed by atoms with Crippen molar-refractivity contribution in [1.82, 2.24) is 10.2 Å². The van der Waals surface area contributed by atoms with E-state index in [9.17, 15) is 9.59 Å². The fraction of sp³-hybridized carbons (Fsp3) is 0.533. The van der Waals surface area contributed by atoms with Crippen LogP contribution in [-0.4, -0.2) is 69.4 Å². The lowest BCUT2D eigenvalue weighted by Crippen LogP contribution is -2.52. The van der Waals surface area contributed by atoms with Gasteiger partial charge in [-0.05, 0) is 56.0 Å². The Hall–Kier alpha value is -3.46. The van der Waals surface area contributed by atoms with Crippen LogP contribution in [-0.2, 0) is 14.3 Å². The minimum absolute atomic E-state index is 0.0563. The zero-order valence-corrected chi connectivity index (χ0v) is 23.1. The maximum Gasteiger partial charge on any atom is 0.268 e. The van der Waals surface area contributed by atoms with Crippen LogP contribution in [0, 0.1) is 0 Å². The Balaban J connectivity index is 1.68. The molecule has 0 bridgehead atoms. The maximum atomic E-state index is 14.1. The molecular weight excluding hydrogens is 500 g/mol. The first-order valence-corrected chi connectivity index (χ1v) is 13.8. The van der Waals surface area contributed by atoms with Gasteiger partial charge in [-0.15, -0.1) is 0 Å². The van der Waals surface area contributed by atoms with Crippen LogP contribution in [0.25, 0.3) is 0 Å². The van der Waals surface area contributed by atoms with Crippen LogP contribution >= 0.6 is 0 Å². The van der Waals surface area contributed by atoms with Crippen LogP contribution in [0.5, 0.6) is 23.0 Å². The number of para-hydroxylation sites is 2. The molecule has 212 valence electrons. The minimum Gasteiger partial charge on any atom is -0.493 e. The molecule has 0 radical (unpaired) electrons. The number of methoxy groups -OCH3 is 2. The molecule has 1 aliphatic heterocycles. The molecule has 1 heterocycles. The molecule has 39 heavy (non-hydrogen) atoms. The van der Waals surface area contributed by atoms with Crippen molar-refractivity contribution in [3.8, 4) is 23.0 Å². The van der Waals surface area contributed by atoms with E-state index in [1.54, 1.807) is 43.4 Å². The highest BCUT2D eigenvalue weighted by Crippen LogP contribution is 2.35. The third-order valence-electron chi connectivity index (χ3n) is 7.19. The Morgan fingerprint density at radius 1 is 1.03 bits per heavy atom. The highest BCUT2D eigenvalue weighted by atomic mass is 16.6. The number of hydrogen-bond donors (Lipinski definition) is 1. The van der Waals surface area contributed by atoms with Crippen molar-refractivity contribution in [2.45, 2.75) is 63.6 Å². The molecule has 2 amide bonds. The Labute approximate surface area is 230 Å². The van der Waals surface area contributed by atoms with Gasteiger partial charge in [-0.3, -0.25) is 9.59 Å². The summed E-state index contributed by atoms with van der Waals surface area (Å²) in [7, 11) is 3.11. The third-order valence-corrected chi connectivity index (χ3v) is 7.19. The van der Waals surface area contributed by atoms with Crippen LogP contribution < -0.4 is 24.3 Å². The second kappa shape index (κ2) is 14.1. The van der Waals surface area contributed by atoms with Gasteiger partial charge >= 0.3 is 0 Å². The molecule has 1 fully saturated rings. The van der Waals surface area contributed by atoms with Crippen LogP contribution in [0.3, 0.4) is 0 Å². The van der Waals surface area contributed by atoms with E-state index in [1.807, 2.05) is 25.1 Å². The van der Waals surface area contributed by atoms with Crippen molar-refractivity contribution >= 4 is 11.8 Å². The average molecular weight is 541 g/mol. The lowest BCUT2D eigenvalue weighted by Gasteiger charge is -2.36. The predicted molar refractivity (Wildman–Crippen MR) is 146 cm³/mol. The first-order valence-electron chi connectivity index (χ1n) is 13.8. The van der Waals surface area contributed by atoms with Crippen molar-refractivity contribution in [3.63, 3.8) is 0 Å². The molecule has 4 rings (SSSR count). The molecule has 1 aliphatic carbocycles. The zero-order valence-electron chi connectivity index (χ0n) is 23.1. The Bertz CT molecular complexity index is 1100. The number of rotatable bonds is 12. The molecule has 2 aliphatic rings. The van der Waals surface area contributed by atoms with E-state index in [1.165, 1.54) is 6.42 Å². The highest BCUT2D eigenvalue weighted by Gasteiger charge is 2.39. The first kappa shape index (κ1) is 28.5. The van der Waals surface area contributed by atoms with Crippen molar-refractivity contribution in [2.24, 2.45) is 0 Å². The second-order valence-electron chi connectivity index (χ2n) is 9.81. The largest absolute Gasteiger partial charge is 0.493 e. The van der Waals surface area contributed by atoms with Gasteiger partial charge in [0.05, 0.1) is 14.2 Å². The van der Waals surface area contributed by atoms with E-state index in [-0.39, 0.29) is 24.5 Å². The number of fused-ring (bicyclic) bond motifs is 1. The van der Waals surface area contributed by atoms with Gasteiger partial charge in [0, 0.05) is 25.8 Å². The molecule has 0 aromatic heterocycles. The summed E-state index contributed by atoms with van der Waals surface area (Å²) in [5, 5.41) is 3.23. The average Bonchev–Trinajstić information content (AvgIpc) is 2.98. The monoisotopic (exact) mass is 540 g/mol. The Kier molecular flexibility index (Phi) is 10.3. The highest BCUT2D eigenvalue weighted by molar-refractivity contribution is 5.91. The van der Waals surface area contributed by atoms with Crippen molar-refractivity contribution in [2.75, 3.05) is 40.6 Å². The molecule has 1 saturated carbocycles. The van der Waals surface area contributed by atoms with Crippen LogP contribution in [0.2, 0.25) is 0 Å². The van der Waals surface area contributed by atoms with Gasteiger partial charge in [0.2, 0.25) is 12.0 Å². The molecule has 9 nitrogen and oxygen atoms in total. The summed E-state index contributed by atoms with van der Waals surface area (Å²) in [6, 6.07) is 11.8. The fourth-order valence-corrected chi connectivity index (χ4v) is 5.20. The van der Waals surface area contributed by atoms with Gasteiger partial charge in [0.15, 0.2) is 23.0 Å². The summed E-state index contributed by atoms with van der Waals surface area (Å²) in [5.41, 5.74) is 0.628. The van der Waals surface area contributed by atoms with E-state index < -0.39 is 12.1 Å². The van der Waals surface area contributed by atoms with E-state index in [2.05, 4.69) is 5.32 Å². The van der Waals surface area contributed by atoms with E-state index in [4.69, 9.17) is 23.7 Å². The minimum atomic E-state index is -0.901.